The Morgan fingerprint density at radius 1 is 1.16 bits per heavy atom. The van der Waals surface area contributed by atoms with Gasteiger partial charge in [0, 0.05) is 24.0 Å². The van der Waals surface area contributed by atoms with Crippen LogP contribution in [0.2, 0.25) is 0 Å². The Balaban J connectivity index is 2.46. The van der Waals surface area contributed by atoms with E-state index in [1.807, 2.05) is 37.1 Å². The standard InChI is InChI=1S/C16H18FNO/c1-11-5-4-6-14(9-11)18(3)16-8-7-13(17)10-15(16)12(2)19/h4-10,12,19H,1-3H3/t12-/m0/s1. The minimum Gasteiger partial charge on any atom is -0.389 e. The van der Waals surface area contributed by atoms with Crippen molar-refractivity contribution in [3.63, 3.8) is 0 Å². The molecule has 3 heteroatoms. The highest BCUT2D eigenvalue weighted by Crippen LogP contribution is 2.31. The lowest BCUT2D eigenvalue weighted by Gasteiger charge is -2.24. The summed E-state index contributed by atoms with van der Waals surface area (Å²) in [6.07, 6.45) is -0.710. The van der Waals surface area contributed by atoms with Crippen LogP contribution in [0.3, 0.4) is 0 Å². The second kappa shape index (κ2) is 5.41. The van der Waals surface area contributed by atoms with Gasteiger partial charge in [0.2, 0.25) is 0 Å². The Labute approximate surface area is 113 Å². The molecule has 0 unspecified atom stereocenters. The molecule has 0 saturated carbocycles. The van der Waals surface area contributed by atoms with E-state index in [9.17, 15) is 9.50 Å². The van der Waals surface area contributed by atoms with Crippen LogP contribution < -0.4 is 4.90 Å². The van der Waals surface area contributed by atoms with E-state index in [0.717, 1.165) is 16.9 Å². The van der Waals surface area contributed by atoms with E-state index >= 15 is 0 Å². The van der Waals surface area contributed by atoms with Crippen molar-refractivity contribution in [1.82, 2.24) is 0 Å². The lowest BCUT2D eigenvalue weighted by Crippen LogP contribution is -2.13. The second-order valence-electron chi connectivity index (χ2n) is 4.78. The molecule has 0 aromatic heterocycles. The number of aliphatic hydroxyl groups excluding tert-OH is 1. The van der Waals surface area contributed by atoms with Crippen molar-refractivity contribution in [3.05, 3.63) is 59.4 Å². The molecule has 0 saturated heterocycles. The van der Waals surface area contributed by atoms with Gasteiger partial charge in [0.15, 0.2) is 0 Å². The number of nitrogens with zero attached hydrogens (tertiary/aromatic N) is 1. The van der Waals surface area contributed by atoms with E-state index < -0.39 is 6.10 Å². The zero-order valence-electron chi connectivity index (χ0n) is 11.4. The van der Waals surface area contributed by atoms with Crippen molar-refractivity contribution < 1.29 is 9.50 Å². The fourth-order valence-corrected chi connectivity index (χ4v) is 2.14. The monoisotopic (exact) mass is 259 g/mol. The molecule has 1 N–H and O–H groups in total. The molecule has 0 bridgehead atoms. The molecule has 100 valence electrons. The number of benzene rings is 2. The average Bonchev–Trinajstić information content (AvgIpc) is 2.37. The lowest BCUT2D eigenvalue weighted by molar-refractivity contribution is 0.199. The molecule has 0 heterocycles. The third kappa shape index (κ3) is 2.93. The summed E-state index contributed by atoms with van der Waals surface area (Å²) < 4.78 is 13.3. The number of aliphatic hydroxyl groups is 1. The van der Waals surface area contributed by atoms with Gasteiger partial charge in [0.05, 0.1) is 6.10 Å². The molecule has 0 amide bonds. The van der Waals surface area contributed by atoms with Crippen molar-refractivity contribution in [2.75, 3.05) is 11.9 Å². The summed E-state index contributed by atoms with van der Waals surface area (Å²) in [5, 5.41) is 9.79. The minimum absolute atomic E-state index is 0.336. The maximum absolute atomic E-state index is 13.3. The van der Waals surface area contributed by atoms with E-state index in [0.29, 0.717) is 5.56 Å². The molecule has 2 rings (SSSR count). The molecule has 0 radical (unpaired) electrons. The zero-order chi connectivity index (χ0) is 14.0. The van der Waals surface area contributed by atoms with Crippen LogP contribution in [0.15, 0.2) is 42.5 Å². The lowest BCUT2D eigenvalue weighted by atomic mass is 10.1. The summed E-state index contributed by atoms with van der Waals surface area (Å²) in [4.78, 5) is 1.95. The van der Waals surface area contributed by atoms with E-state index in [1.54, 1.807) is 13.0 Å². The summed E-state index contributed by atoms with van der Waals surface area (Å²) in [6.45, 7) is 3.67. The predicted octanol–water partition coefficient (Wildman–Crippen LogP) is 3.96. The molecule has 0 aliphatic rings. The molecular weight excluding hydrogens is 241 g/mol. The third-order valence-corrected chi connectivity index (χ3v) is 3.19. The van der Waals surface area contributed by atoms with Crippen LogP contribution in [0.4, 0.5) is 15.8 Å². The van der Waals surface area contributed by atoms with E-state index in [-0.39, 0.29) is 5.82 Å². The first kappa shape index (κ1) is 13.6. The van der Waals surface area contributed by atoms with Gasteiger partial charge in [-0.1, -0.05) is 12.1 Å². The van der Waals surface area contributed by atoms with E-state index in [1.165, 1.54) is 12.1 Å². The summed E-state index contributed by atoms with van der Waals surface area (Å²) >= 11 is 0. The molecule has 2 nitrogen and oxygen atoms in total. The first-order valence-electron chi connectivity index (χ1n) is 6.27. The van der Waals surface area contributed by atoms with Crippen LogP contribution in [0.25, 0.3) is 0 Å². The van der Waals surface area contributed by atoms with Gasteiger partial charge in [-0.05, 0) is 49.7 Å². The van der Waals surface area contributed by atoms with Crippen LogP contribution >= 0.6 is 0 Å². The van der Waals surface area contributed by atoms with Crippen molar-refractivity contribution >= 4 is 11.4 Å². The van der Waals surface area contributed by atoms with Crippen LogP contribution in [-0.4, -0.2) is 12.2 Å². The molecule has 0 aliphatic carbocycles. The van der Waals surface area contributed by atoms with Gasteiger partial charge in [0.25, 0.3) is 0 Å². The van der Waals surface area contributed by atoms with Gasteiger partial charge in [-0.3, -0.25) is 0 Å². The second-order valence-corrected chi connectivity index (χ2v) is 4.78. The molecule has 0 aliphatic heterocycles. The molecule has 0 fully saturated rings. The van der Waals surface area contributed by atoms with Crippen LogP contribution in [0, 0.1) is 12.7 Å². The SMILES string of the molecule is Cc1cccc(N(C)c2ccc(F)cc2[C@H](C)O)c1. The quantitative estimate of drug-likeness (QED) is 0.902. The van der Waals surface area contributed by atoms with Crippen molar-refractivity contribution in [1.29, 1.82) is 0 Å². The predicted molar refractivity (Wildman–Crippen MR) is 76.3 cm³/mol. The van der Waals surface area contributed by atoms with E-state index in [4.69, 9.17) is 0 Å². The van der Waals surface area contributed by atoms with Gasteiger partial charge in [0.1, 0.15) is 5.82 Å². The third-order valence-electron chi connectivity index (χ3n) is 3.19. The van der Waals surface area contributed by atoms with Crippen molar-refractivity contribution in [2.45, 2.75) is 20.0 Å². The molecular formula is C16H18FNO. The van der Waals surface area contributed by atoms with E-state index in [2.05, 4.69) is 6.07 Å². The highest BCUT2D eigenvalue weighted by atomic mass is 19.1. The summed E-state index contributed by atoms with van der Waals surface area (Å²) in [5.74, 6) is -0.336. The van der Waals surface area contributed by atoms with Gasteiger partial charge in [-0.2, -0.15) is 0 Å². The number of hydrogen-bond donors (Lipinski definition) is 1. The number of anilines is 2. The minimum atomic E-state index is -0.710. The number of halogens is 1. The highest BCUT2D eigenvalue weighted by Gasteiger charge is 2.14. The number of hydrogen-bond acceptors (Lipinski definition) is 2. The molecule has 1 atom stereocenters. The molecule has 0 spiro atoms. The Morgan fingerprint density at radius 3 is 2.53 bits per heavy atom. The Bertz CT molecular complexity index is 581. The molecule has 2 aromatic rings. The van der Waals surface area contributed by atoms with Gasteiger partial charge in [-0.15, -0.1) is 0 Å². The topological polar surface area (TPSA) is 23.5 Å². The Morgan fingerprint density at radius 2 is 1.89 bits per heavy atom. The Kier molecular flexibility index (Phi) is 3.86. The largest absolute Gasteiger partial charge is 0.389 e. The first-order valence-corrected chi connectivity index (χ1v) is 6.27. The Hall–Kier alpha value is -1.87. The van der Waals surface area contributed by atoms with Gasteiger partial charge >= 0.3 is 0 Å². The highest BCUT2D eigenvalue weighted by molar-refractivity contribution is 5.66. The summed E-state index contributed by atoms with van der Waals surface area (Å²) in [6, 6.07) is 12.5. The molecule has 2 aromatic carbocycles. The van der Waals surface area contributed by atoms with Crippen molar-refractivity contribution in [2.24, 2.45) is 0 Å². The van der Waals surface area contributed by atoms with Crippen LogP contribution in [-0.2, 0) is 0 Å². The van der Waals surface area contributed by atoms with Gasteiger partial charge < -0.3 is 10.0 Å². The van der Waals surface area contributed by atoms with Gasteiger partial charge in [-0.25, -0.2) is 4.39 Å². The maximum atomic E-state index is 13.3. The smallest absolute Gasteiger partial charge is 0.123 e. The number of aryl methyl sites for hydroxylation is 1. The maximum Gasteiger partial charge on any atom is 0.123 e. The summed E-state index contributed by atoms with van der Waals surface area (Å²) in [5.41, 5.74) is 3.56. The van der Waals surface area contributed by atoms with Crippen molar-refractivity contribution in [3.8, 4) is 0 Å². The normalized spacial score (nSPS) is 12.3. The fourth-order valence-electron chi connectivity index (χ4n) is 2.14. The van der Waals surface area contributed by atoms with Crippen LogP contribution in [0.1, 0.15) is 24.2 Å². The average molecular weight is 259 g/mol. The zero-order valence-corrected chi connectivity index (χ0v) is 11.4. The summed E-state index contributed by atoms with van der Waals surface area (Å²) in [7, 11) is 1.91. The fraction of sp³-hybridized carbons (Fsp3) is 0.250. The van der Waals surface area contributed by atoms with Crippen LogP contribution in [0.5, 0.6) is 0 Å². The first-order chi connectivity index (χ1) is 8.99. The number of rotatable bonds is 3. The molecule has 19 heavy (non-hydrogen) atoms.